The maximum absolute atomic E-state index is 4.96. The summed E-state index contributed by atoms with van der Waals surface area (Å²) < 4.78 is 2.61. The van der Waals surface area contributed by atoms with E-state index in [1.54, 1.807) is 0 Å². The molecule has 74 valence electrons. The average molecular weight is 226 g/mol. The topological polar surface area (TPSA) is 46.5 Å². The minimum absolute atomic E-state index is 0.697. The fourth-order valence-electron chi connectivity index (χ4n) is 1.18. The number of nitrogens with zero attached hydrogens (tertiary/aromatic N) is 3. The summed E-state index contributed by atoms with van der Waals surface area (Å²) in [5, 5.41) is 12.0. The summed E-state index contributed by atoms with van der Waals surface area (Å²) in [4.78, 5) is 0. The minimum Gasteiger partial charge on any atom is -0.272 e. The second kappa shape index (κ2) is 4.02. The molecule has 2 aromatic rings. The number of hydrogen-bond acceptors (Lipinski definition) is 4. The molecular weight excluding hydrogens is 216 g/mol. The largest absolute Gasteiger partial charge is 0.272 e. The van der Waals surface area contributed by atoms with Crippen molar-refractivity contribution >= 4 is 23.6 Å². The molecule has 2 aromatic heterocycles. The lowest BCUT2D eigenvalue weighted by molar-refractivity contribution is 0.603. The Kier molecular flexibility index (Phi) is 2.74. The van der Waals surface area contributed by atoms with E-state index in [1.807, 2.05) is 17.1 Å². The Morgan fingerprint density at radius 2 is 2.50 bits per heavy atom. The molecule has 0 saturated heterocycles. The summed E-state index contributed by atoms with van der Waals surface area (Å²) >= 11 is 6.43. The summed E-state index contributed by atoms with van der Waals surface area (Å²) in [5.41, 5.74) is 1.02. The summed E-state index contributed by atoms with van der Waals surface area (Å²) in [6.07, 6.45) is 4.89. The molecule has 0 unspecified atom stereocenters. The number of rotatable bonds is 3. The van der Waals surface area contributed by atoms with E-state index in [4.69, 9.17) is 12.2 Å². The van der Waals surface area contributed by atoms with Crippen molar-refractivity contribution in [2.75, 3.05) is 0 Å². The minimum atomic E-state index is 0.697. The molecule has 0 amide bonds. The van der Waals surface area contributed by atoms with E-state index in [2.05, 4.69) is 22.2 Å². The first-order valence-corrected chi connectivity index (χ1v) is 5.60. The molecule has 0 aliphatic rings. The third kappa shape index (κ3) is 1.91. The van der Waals surface area contributed by atoms with Crippen molar-refractivity contribution in [1.29, 1.82) is 0 Å². The molecule has 2 heterocycles. The number of aromatic nitrogens is 4. The van der Waals surface area contributed by atoms with Gasteiger partial charge in [0.2, 0.25) is 0 Å². The Morgan fingerprint density at radius 1 is 1.64 bits per heavy atom. The van der Waals surface area contributed by atoms with Crippen molar-refractivity contribution in [3.05, 3.63) is 16.3 Å². The highest BCUT2D eigenvalue weighted by Crippen LogP contribution is 2.20. The van der Waals surface area contributed by atoms with E-state index in [9.17, 15) is 0 Å². The van der Waals surface area contributed by atoms with Crippen molar-refractivity contribution in [3.63, 3.8) is 0 Å². The summed E-state index contributed by atoms with van der Waals surface area (Å²) in [6, 6.07) is 0. The molecule has 0 aliphatic heterocycles. The van der Waals surface area contributed by atoms with E-state index < -0.39 is 0 Å². The summed E-state index contributed by atoms with van der Waals surface area (Å²) in [5.74, 6) is 0. The van der Waals surface area contributed by atoms with Crippen LogP contribution < -0.4 is 0 Å². The number of H-pyrrole nitrogens is 1. The van der Waals surface area contributed by atoms with Crippen LogP contribution in [0.4, 0.5) is 0 Å². The van der Waals surface area contributed by atoms with Gasteiger partial charge in [0.15, 0.2) is 3.95 Å². The second-order valence-corrected chi connectivity index (χ2v) is 4.58. The third-order valence-corrected chi connectivity index (χ3v) is 2.91. The Bertz CT molecular complexity index is 467. The molecule has 1 N–H and O–H groups in total. The molecule has 0 bridgehead atoms. The van der Waals surface area contributed by atoms with Crippen LogP contribution >= 0.6 is 23.6 Å². The molecule has 0 aliphatic carbocycles. The van der Waals surface area contributed by atoms with Crippen LogP contribution in [0.5, 0.6) is 0 Å². The lowest BCUT2D eigenvalue weighted by atomic mass is 10.4. The smallest absolute Gasteiger partial charge is 0.176 e. The molecule has 4 nitrogen and oxygen atoms in total. The van der Waals surface area contributed by atoms with Gasteiger partial charge in [-0.2, -0.15) is 10.2 Å². The van der Waals surface area contributed by atoms with Crippen molar-refractivity contribution in [2.24, 2.45) is 0 Å². The van der Waals surface area contributed by atoms with Gasteiger partial charge >= 0.3 is 0 Å². The first kappa shape index (κ1) is 9.54. The van der Waals surface area contributed by atoms with Gasteiger partial charge in [0.25, 0.3) is 0 Å². The number of aryl methyl sites for hydroxylation is 1. The molecule has 6 heteroatoms. The molecule has 0 radical (unpaired) electrons. The Labute approximate surface area is 90.6 Å². The quantitative estimate of drug-likeness (QED) is 0.818. The number of hydrogen-bond donors (Lipinski definition) is 1. The predicted octanol–water partition coefficient (Wildman–Crippen LogP) is 2.47. The van der Waals surface area contributed by atoms with Crippen molar-refractivity contribution in [1.82, 2.24) is 20.0 Å². The molecule has 2 rings (SSSR count). The Morgan fingerprint density at radius 3 is 3.14 bits per heavy atom. The van der Waals surface area contributed by atoms with Crippen LogP contribution in [0.2, 0.25) is 0 Å². The molecule has 0 spiro atoms. The fourth-order valence-corrected chi connectivity index (χ4v) is 2.04. The first-order chi connectivity index (χ1) is 6.79. The molecule has 0 saturated carbocycles. The van der Waals surface area contributed by atoms with Crippen LogP contribution in [0.1, 0.15) is 13.3 Å². The van der Waals surface area contributed by atoms with Crippen LogP contribution in [0.3, 0.4) is 0 Å². The van der Waals surface area contributed by atoms with Gasteiger partial charge in [0.05, 0.1) is 11.8 Å². The van der Waals surface area contributed by atoms with Gasteiger partial charge < -0.3 is 0 Å². The van der Waals surface area contributed by atoms with Gasteiger partial charge in [0, 0.05) is 12.7 Å². The Hall–Kier alpha value is -1.01. The van der Waals surface area contributed by atoms with E-state index in [0.717, 1.165) is 23.5 Å². The molecular formula is C8H10N4S2. The van der Waals surface area contributed by atoms with Crippen molar-refractivity contribution in [3.8, 4) is 10.6 Å². The van der Waals surface area contributed by atoms with E-state index in [-0.39, 0.29) is 0 Å². The van der Waals surface area contributed by atoms with Crippen LogP contribution in [0.25, 0.3) is 10.6 Å². The molecule has 0 aromatic carbocycles. The molecule has 0 atom stereocenters. The van der Waals surface area contributed by atoms with E-state index >= 15 is 0 Å². The van der Waals surface area contributed by atoms with Gasteiger partial charge in [-0.1, -0.05) is 18.3 Å². The van der Waals surface area contributed by atoms with Gasteiger partial charge in [-0.15, -0.1) is 0 Å². The highest BCUT2D eigenvalue weighted by molar-refractivity contribution is 7.73. The van der Waals surface area contributed by atoms with Crippen LogP contribution in [0.15, 0.2) is 12.4 Å². The molecule has 0 fully saturated rings. The van der Waals surface area contributed by atoms with E-state index in [0.29, 0.717) is 3.95 Å². The van der Waals surface area contributed by atoms with E-state index in [1.165, 1.54) is 11.3 Å². The zero-order valence-electron chi connectivity index (χ0n) is 7.73. The van der Waals surface area contributed by atoms with Gasteiger partial charge in [-0.05, 0) is 18.6 Å². The maximum atomic E-state index is 4.96. The zero-order valence-corrected chi connectivity index (χ0v) is 9.36. The van der Waals surface area contributed by atoms with Gasteiger partial charge in [-0.25, -0.2) is 0 Å². The summed E-state index contributed by atoms with van der Waals surface area (Å²) in [7, 11) is 0. The molecule has 14 heavy (non-hydrogen) atoms. The monoisotopic (exact) mass is 226 g/mol. The van der Waals surface area contributed by atoms with Gasteiger partial charge in [-0.3, -0.25) is 9.78 Å². The standard InChI is InChI=1S/C8H10N4S2/c1-2-3-12-5-6(4-9-12)7-10-11-8(13)14-7/h4-5H,2-3H2,1H3,(H,11,13). The van der Waals surface area contributed by atoms with Crippen molar-refractivity contribution < 1.29 is 0 Å². The number of aromatic amines is 1. The Balaban J connectivity index is 2.28. The lowest BCUT2D eigenvalue weighted by Crippen LogP contribution is -1.95. The first-order valence-electron chi connectivity index (χ1n) is 4.38. The van der Waals surface area contributed by atoms with Crippen molar-refractivity contribution in [2.45, 2.75) is 19.9 Å². The lowest BCUT2D eigenvalue weighted by Gasteiger charge is -1.93. The predicted molar refractivity (Wildman–Crippen MR) is 58.8 cm³/mol. The highest BCUT2D eigenvalue weighted by Gasteiger charge is 2.04. The fraction of sp³-hybridized carbons (Fsp3) is 0.375. The third-order valence-electron chi connectivity index (χ3n) is 1.77. The van der Waals surface area contributed by atoms with Crippen LogP contribution in [-0.2, 0) is 6.54 Å². The SMILES string of the molecule is CCCn1cc(-c2n[nH]c(=S)s2)cn1. The summed E-state index contributed by atoms with van der Waals surface area (Å²) in [6.45, 7) is 3.07. The zero-order chi connectivity index (χ0) is 9.97. The van der Waals surface area contributed by atoms with Crippen LogP contribution in [-0.4, -0.2) is 20.0 Å². The second-order valence-electron chi connectivity index (χ2n) is 2.91. The maximum Gasteiger partial charge on any atom is 0.176 e. The number of nitrogens with one attached hydrogen (secondary N) is 1. The normalized spacial score (nSPS) is 10.6. The average Bonchev–Trinajstić information content (AvgIpc) is 2.74. The highest BCUT2D eigenvalue weighted by atomic mass is 32.1. The van der Waals surface area contributed by atoms with Crippen LogP contribution in [0, 0.1) is 3.95 Å². The van der Waals surface area contributed by atoms with Gasteiger partial charge in [0.1, 0.15) is 5.01 Å².